The van der Waals surface area contributed by atoms with Gasteiger partial charge in [-0.25, -0.2) is 9.31 Å². The van der Waals surface area contributed by atoms with Crippen molar-refractivity contribution in [3.05, 3.63) is 40.3 Å². The molecule has 3 aromatic rings. The highest BCUT2D eigenvalue weighted by Crippen LogP contribution is 2.34. The fourth-order valence-corrected chi connectivity index (χ4v) is 4.22. The molecule has 9 nitrogen and oxygen atoms in total. The van der Waals surface area contributed by atoms with Gasteiger partial charge >= 0.3 is 6.09 Å². The van der Waals surface area contributed by atoms with Crippen LogP contribution in [0.2, 0.25) is 0 Å². The number of benzene rings is 1. The van der Waals surface area contributed by atoms with Gasteiger partial charge in [-0.1, -0.05) is 6.07 Å². The number of nitrogens with one attached hydrogen (secondary N) is 1. The van der Waals surface area contributed by atoms with Crippen molar-refractivity contribution >= 4 is 34.2 Å². The van der Waals surface area contributed by atoms with Gasteiger partial charge in [0.05, 0.1) is 22.3 Å². The van der Waals surface area contributed by atoms with Crippen molar-refractivity contribution in [2.45, 2.75) is 25.2 Å². The Bertz CT molecular complexity index is 1170. The number of amides is 2. The monoisotopic (exact) mass is 381 g/mol. The van der Waals surface area contributed by atoms with E-state index in [1.807, 2.05) is 18.2 Å². The highest BCUT2D eigenvalue weighted by atomic mass is 16.4. The van der Waals surface area contributed by atoms with Gasteiger partial charge in [0.2, 0.25) is 5.91 Å². The molecular weight excluding hydrogens is 362 g/mol. The third kappa shape index (κ3) is 2.46. The van der Waals surface area contributed by atoms with Crippen molar-refractivity contribution in [3.8, 4) is 0 Å². The van der Waals surface area contributed by atoms with Crippen LogP contribution in [-0.4, -0.2) is 56.2 Å². The van der Waals surface area contributed by atoms with Gasteiger partial charge in [-0.2, -0.15) is 5.10 Å². The van der Waals surface area contributed by atoms with Crippen molar-refractivity contribution in [3.63, 3.8) is 0 Å². The van der Waals surface area contributed by atoms with E-state index in [1.54, 1.807) is 15.5 Å². The SMILES string of the molecule is O=C(O)N1CCC(c2cc(=O)[nH]c3c4c(N5CCC5=O)cccc4nn23)CC1. The molecule has 2 aliphatic heterocycles. The van der Waals surface area contributed by atoms with Crippen molar-refractivity contribution in [2.24, 2.45) is 0 Å². The number of fused-ring (bicyclic) bond motifs is 3. The number of hydrogen-bond acceptors (Lipinski definition) is 4. The average molecular weight is 381 g/mol. The molecule has 2 aliphatic rings. The van der Waals surface area contributed by atoms with Crippen LogP contribution in [0.5, 0.6) is 0 Å². The zero-order chi connectivity index (χ0) is 19.4. The summed E-state index contributed by atoms with van der Waals surface area (Å²) < 4.78 is 1.75. The molecule has 0 bridgehead atoms. The van der Waals surface area contributed by atoms with Gasteiger partial charge in [-0.15, -0.1) is 0 Å². The van der Waals surface area contributed by atoms with Crippen LogP contribution in [0.1, 0.15) is 30.9 Å². The summed E-state index contributed by atoms with van der Waals surface area (Å²) in [5, 5.41) is 14.6. The molecule has 2 saturated heterocycles. The number of nitrogens with zero attached hydrogens (tertiary/aromatic N) is 4. The molecule has 1 aromatic carbocycles. The van der Waals surface area contributed by atoms with Gasteiger partial charge in [-0.05, 0) is 25.0 Å². The minimum absolute atomic E-state index is 0.0452. The van der Waals surface area contributed by atoms with Gasteiger partial charge in [0, 0.05) is 38.0 Å². The third-order valence-electron chi connectivity index (χ3n) is 5.77. The summed E-state index contributed by atoms with van der Waals surface area (Å²) >= 11 is 0. The van der Waals surface area contributed by atoms with E-state index in [-0.39, 0.29) is 17.4 Å². The van der Waals surface area contributed by atoms with Gasteiger partial charge in [0.15, 0.2) is 0 Å². The lowest BCUT2D eigenvalue weighted by Gasteiger charge is -2.31. The fraction of sp³-hybridized carbons (Fsp3) is 0.368. The standard InChI is InChI=1S/C19H19N5O4/c25-15-10-14(11-4-7-22(8-5-11)19(27)28)24-18(20-15)17-12(21-24)2-1-3-13(17)23-9-6-16(23)26/h1-3,10-11H,4-9H2,(H,20,25)(H,27,28). The first-order chi connectivity index (χ1) is 13.5. The Hall–Kier alpha value is -3.36. The summed E-state index contributed by atoms with van der Waals surface area (Å²) in [4.78, 5) is 41.5. The predicted molar refractivity (Wildman–Crippen MR) is 102 cm³/mol. The number of carbonyl (C=O) groups excluding carboxylic acids is 1. The largest absolute Gasteiger partial charge is 0.465 e. The van der Waals surface area contributed by atoms with Gasteiger partial charge in [0.25, 0.3) is 5.56 Å². The lowest BCUT2D eigenvalue weighted by atomic mass is 9.93. The second-order valence-corrected chi connectivity index (χ2v) is 7.33. The van der Waals surface area contributed by atoms with Crippen LogP contribution in [-0.2, 0) is 4.79 Å². The molecule has 2 aromatic heterocycles. The van der Waals surface area contributed by atoms with Gasteiger partial charge < -0.3 is 19.9 Å². The Morgan fingerprint density at radius 2 is 1.96 bits per heavy atom. The summed E-state index contributed by atoms with van der Waals surface area (Å²) in [6, 6.07) is 7.15. The number of carboxylic acid groups (broad SMARTS) is 1. The Morgan fingerprint density at radius 1 is 1.18 bits per heavy atom. The highest BCUT2D eigenvalue weighted by molar-refractivity contribution is 6.10. The first kappa shape index (κ1) is 16.8. The molecule has 28 heavy (non-hydrogen) atoms. The van der Waals surface area contributed by atoms with Crippen molar-refractivity contribution in [1.82, 2.24) is 19.5 Å². The first-order valence-electron chi connectivity index (χ1n) is 9.36. The number of likely N-dealkylation sites (tertiary alicyclic amines) is 1. The summed E-state index contributed by atoms with van der Waals surface area (Å²) in [6.07, 6.45) is 0.888. The van der Waals surface area contributed by atoms with E-state index in [2.05, 4.69) is 4.98 Å². The molecule has 144 valence electrons. The highest BCUT2D eigenvalue weighted by Gasteiger charge is 2.30. The van der Waals surface area contributed by atoms with Crippen LogP contribution in [0.3, 0.4) is 0 Å². The van der Waals surface area contributed by atoms with E-state index in [0.29, 0.717) is 50.1 Å². The van der Waals surface area contributed by atoms with Crippen molar-refractivity contribution in [2.75, 3.05) is 24.5 Å². The molecule has 0 unspecified atom stereocenters. The molecule has 2 N–H and O–H groups in total. The number of rotatable bonds is 2. The van der Waals surface area contributed by atoms with E-state index in [0.717, 1.165) is 16.8 Å². The summed E-state index contributed by atoms with van der Waals surface area (Å²) in [7, 11) is 0. The minimum atomic E-state index is -0.914. The minimum Gasteiger partial charge on any atom is -0.465 e. The molecule has 5 rings (SSSR count). The van der Waals surface area contributed by atoms with Crippen molar-refractivity contribution < 1.29 is 14.7 Å². The summed E-state index contributed by atoms with van der Waals surface area (Å²) in [5.41, 5.74) is 2.60. The van der Waals surface area contributed by atoms with E-state index in [4.69, 9.17) is 10.2 Å². The lowest BCUT2D eigenvalue weighted by molar-refractivity contribution is -0.122. The number of H-pyrrole nitrogens is 1. The number of aromatic nitrogens is 3. The Balaban J connectivity index is 1.65. The maximum Gasteiger partial charge on any atom is 0.407 e. The number of piperidine rings is 1. The molecule has 0 radical (unpaired) electrons. The zero-order valence-corrected chi connectivity index (χ0v) is 15.1. The Morgan fingerprint density at radius 3 is 2.61 bits per heavy atom. The number of anilines is 1. The van der Waals surface area contributed by atoms with Gasteiger partial charge in [-0.3, -0.25) is 9.59 Å². The maximum atomic E-state index is 12.4. The predicted octanol–water partition coefficient (Wildman–Crippen LogP) is 1.77. The normalized spacial score (nSPS) is 18.1. The lowest BCUT2D eigenvalue weighted by Crippen LogP contribution is -2.43. The quantitative estimate of drug-likeness (QED) is 0.657. The van der Waals surface area contributed by atoms with Crippen molar-refractivity contribution in [1.29, 1.82) is 0 Å². The molecule has 4 heterocycles. The smallest absolute Gasteiger partial charge is 0.407 e. The molecular formula is C19H19N5O4. The van der Waals surface area contributed by atoms with E-state index >= 15 is 0 Å². The van der Waals surface area contributed by atoms with Crippen LogP contribution < -0.4 is 10.5 Å². The van der Waals surface area contributed by atoms with Crippen LogP contribution >= 0.6 is 0 Å². The summed E-state index contributed by atoms with van der Waals surface area (Å²) in [5.74, 6) is 0.107. The average Bonchev–Trinajstić information content (AvgIpc) is 3.05. The maximum absolute atomic E-state index is 12.4. The Kier molecular flexibility index (Phi) is 3.65. The Labute approximate surface area is 159 Å². The van der Waals surface area contributed by atoms with E-state index < -0.39 is 6.09 Å². The van der Waals surface area contributed by atoms with Gasteiger partial charge in [0.1, 0.15) is 5.65 Å². The molecule has 0 atom stereocenters. The fourth-order valence-electron chi connectivity index (χ4n) is 4.22. The van der Waals surface area contributed by atoms with E-state index in [9.17, 15) is 14.4 Å². The molecule has 9 heteroatoms. The van der Waals surface area contributed by atoms with Crippen LogP contribution in [0.15, 0.2) is 29.1 Å². The number of carbonyl (C=O) groups is 2. The topological polar surface area (TPSA) is 111 Å². The number of hydrogen-bond donors (Lipinski definition) is 2. The van der Waals surface area contributed by atoms with Crippen LogP contribution in [0.25, 0.3) is 16.6 Å². The second kappa shape index (κ2) is 6.08. The molecule has 0 aliphatic carbocycles. The third-order valence-corrected chi connectivity index (χ3v) is 5.77. The number of aromatic amines is 1. The molecule has 2 amide bonds. The zero-order valence-electron chi connectivity index (χ0n) is 15.1. The van der Waals surface area contributed by atoms with Crippen LogP contribution in [0, 0.1) is 0 Å². The summed E-state index contributed by atoms with van der Waals surface area (Å²) in [6.45, 7) is 1.53. The molecule has 0 spiro atoms. The van der Waals surface area contributed by atoms with E-state index in [1.165, 1.54) is 4.90 Å². The van der Waals surface area contributed by atoms with Crippen LogP contribution in [0.4, 0.5) is 10.5 Å². The molecule has 2 fully saturated rings. The first-order valence-corrected chi connectivity index (χ1v) is 9.36. The second-order valence-electron chi connectivity index (χ2n) is 7.33. The number of β-lactam (4-membered cyclic amide) rings is 1. The molecule has 0 saturated carbocycles.